The van der Waals surface area contributed by atoms with E-state index >= 15 is 4.39 Å². The van der Waals surface area contributed by atoms with E-state index in [1.165, 1.54) is 54.4 Å². The lowest BCUT2D eigenvalue weighted by molar-refractivity contribution is -0.156. The molecule has 1 aliphatic rings. The highest BCUT2D eigenvalue weighted by Crippen LogP contribution is 2.42. The van der Waals surface area contributed by atoms with Crippen LogP contribution < -0.4 is 0 Å². The molecule has 0 radical (unpaired) electrons. The number of ether oxygens (including phenoxy) is 5. The van der Waals surface area contributed by atoms with Gasteiger partial charge in [0.15, 0.2) is 11.9 Å². The number of halogens is 3. The van der Waals surface area contributed by atoms with Gasteiger partial charge in [-0.25, -0.2) is 32.2 Å². The molecule has 0 bridgehead atoms. The number of rotatable bonds is 19. The summed E-state index contributed by atoms with van der Waals surface area (Å²) in [6.07, 6.45) is 5.83. The third kappa shape index (κ3) is 14.1. The number of likely N-dealkylation sites (N-methyl/N-ethyl adjacent to an activating group) is 1. The van der Waals surface area contributed by atoms with Gasteiger partial charge in [-0.2, -0.15) is 10.4 Å². The maximum absolute atomic E-state index is 15.6. The van der Waals surface area contributed by atoms with Crippen molar-refractivity contribution in [3.8, 4) is 6.07 Å². The monoisotopic (exact) mass is 853 g/mol. The Kier molecular flexibility index (Phi) is 17.0. The second kappa shape index (κ2) is 21.6. The van der Waals surface area contributed by atoms with Crippen LogP contribution in [-0.4, -0.2) is 104 Å². The summed E-state index contributed by atoms with van der Waals surface area (Å²) in [6, 6.07) is 8.69. The summed E-state index contributed by atoms with van der Waals surface area (Å²) < 4.78 is 87.8. The quantitative estimate of drug-likeness (QED) is 0.0728. The van der Waals surface area contributed by atoms with Crippen LogP contribution >= 0.6 is 19.6 Å². The van der Waals surface area contributed by atoms with Crippen LogP contribution in [-0.2, 0) is 54.5 Å². The van der Waals surface area contributed by atoms with Crippen LogP contribution in [0.25, 0.3) is 6.08 Å². The minimum absolute atomic E-state index is 0.128. The molecule has 0 saturated carbocycles. The van der Waals surface area contributed by atoms with E-state index in [2.05, 4.69) is 14.6 Å². The van der Waals surface area contributed by atoms with E-state index < -0.39 is 85.5 Å². The van der Waals surface area contributed by atoms with Crippen molar-refractivity contribution in [2.24, 2.45) is 0 Å². The van der Waals surface area contributed by atoms with Gasteiger partial charge >= 0.3 is 19.9 Å². The molecule has 1 saturated heterocycles. The predicted molar refractivity (Wildman–Crippen MR) is 197 cm³/mol. The number of nitrogens with zero attached hydrogens (tertiary/aromatic N) is 5. The number of hydrogen-bond donors (Lipinski definition) is 2. The number of carbonyl (C=O) groups is 3. The van der Waals surface area contributed by atoms with Crippen molar-refractivity contribution in [1.29, 1.82) is 5.26 Å². The van der Waals surface area contributed by atoms with Gasteiger partial charge in [-0.3, -0.25) is 14.1 Å². The molecule has 58 heavy (non-hydrogen) atoms. The number of allylic oxidation sites excluding steroid dienone is 2. The lowest BCUT2D eigenvalue weighted by atomic mass is 9.89. The van der Waals surface area contributed by atoms with Crippen molar-refractivity contribution in [1.82, 2.24) is 19.7 Å². The molecule has 2 unspecified atom stereocenters. The summed E-state index contributed by atoms with van der Waals surface area (Å²) in [7, 11) is -3.38. The lowest BCUT2D eigenvalue weighted by Crippen LogP contribution is -2.47. The van der Waals surface area contributed by atoms with Crippen molar-refractivity contribution in [3.63, 3.8) is 0 Å². The zero-order valence-electron chi connectivity index (χ0n) is 31.0. The van der Waals surface area contributed by atoms with Gasteiger partial charge in [-0.05, 0) is 37.3 Å². The number of thioether (sulfide) groups is 1. The van der Waals surface area contributed by atoms with Crippen LogP contribution in [0, 0.1) is 28.8 Å². The maximum atomic E-state index is 15.6. The van der Waals surface area contributed by atoms with Gasteiger partial charge in [0.05, 0.1) is 49.7 Å². The average molecular weight is 854 g/mol. The fourth-order valence-corrected chi connectivity index (χ4v) is 7.02. The van der Waals surface area contributed by atoms with Gasteiger partial charge in [-0.1, -0.05) is 24.3 Å². The molecule has 2 atom stereocenters. The normalized spacial score (nSPS) is 17.3. The molecule has 312 valence electrons. The third-order valence-corrected chi connectivity index (χ3v) is 10.3. The van der Waals surface area contributed by atoms with E-state index in [0.717, 1.165) is 23.1 Å². The van der Waals surface area contributed by atoms with E-state index in [0.29, 0.717) is 6.07 Å². The van der Waals surface area contributed by atoms with E-state index in [9.17, 15) is 27.7 Å². The molecule has 2 heterocycles. The third-order valence-electron chi connectivity index (χ3n) is 8.30. The largest absolute Gasteiger partial charge is 0.512 e. The number of nitriles is 1. The highest BCUT2D eigenvalue weighted by atomic mass is 32.2. The summed E-state index contributed by atoms with van der Waals surface area (Å²) >= 11 is 1.20. The molecular formula is C36H39F3N5O12PS. The van der Waals surface area contributed by atoms with Gasteiger partial charge in [0, 0.05) is 42.5 Å². The van der Waals surface area contributed by atoms with Crippen LogP contribution in [0.5, 0.6) is 0 Å². The van der Waals surface area contributed by atoms with Crippen molar-refractivity contribution in [3.05, 3.63) is 101 Å². The topological polar surface area (TPSA) is 222 Å². The highest BCUT2D eigenvalue weighted by molar-refractivity contribution is 8.00. The Bertz CT molecular complexity index is 2020. The number of benzene rings is 2. The van der Waals surface area contributed by atoms with Gasteiger partial charge < -0.3 is 38.4 Å². The fraction of sp³-hybridized carbons (Fsp3) is 0.389. The summed E-state index contributed by atoms with van der Waals surface area (Å²) in [4.78, 5) is 60.3. The number of esters is 1. The molecule has 1 amide bonds. The molecule has 0 aliphatic carbocycles. The molecule has 22 heteroatoms. The molecular weight excluding hydrogens is 814 g/mol. The second-order valence-electron chi connectivity index (χ2n) is 12.4. The molecule has 1 fully saturated rings. The van der Waals surface area contributed by atoms with E-state index in [4.69, 9.17) is 38.7 Å². The van der Waals surface area contributed by atoms with Crippen molar-refractivity contribution in [2.45, 2.75) is 48.7 Å². The molecule has 0 spiro atoms. The first kappa shape index (κ1) is 45.6. The van der Waals surface area contributed by atoms with Crippen LogP contribution in [0.2, 0.25) is 0 Å². The Balaban J connectivity index is 1.39. The first-order valence-corrected chi connectivity index (χ1v) is 19.7. The Morgan fingerprint density at radius 3 is 2.53 bits per heavy atom. The van der Waals surface area contributed by atoms with Crippen molar-refractivity contribution < 1.29 is 70.1 Å². The highest BCUT2D eigenvalue weighted by Gasteiger charge is 2.47. The zero-order chi connectivity index (χ0) is 42.3. The molecule has 2 aromatic carbocycles. The molecule has 17 nitrogen and oxygen atoms in total. The van der Waals surface area contributed by atoms with E-state index in [1.807, 2.05) is 6.07 Å². The van der Waals surface area contributed by atoms with Gasteiger partial charge in [-0.15, -0.1) is 11.8 Å². The van der Waals surface area contributed by atoms with E-state index in [1.54, 1.807) is 25.2 Å². The van der Waals surface area contributed by atoms with Crippen molar-refractivity contribution in [2.75, 3.05) is 40.2 Å². The van der Waals surface area contributed by atoms with Crippen LogP contribution in [0.1, 0.15) is 36.5 Å². The number of amides is 1. The Hall–Kier alpha value is -5.07. The number of phosphoric acid groups is 1. The first-order valence-electron chi connectivity index (χ1n) is 17.2. The minimum Gasteiger partial charge on any atom is -0.428 e. The van der Waals surface area contributed by atoms with Crippen LogP contribution in [0.15, 0.2) is 67.3 Å². The van der Waals surface area contributed by atoms with Gasteiger partial charge in [0.25, 0.3) is 0 Å². The molecule has 3 aromatic rings. The first-order chi connectivity index (χ1) is 27.6. The second-order valence-corrected chi connectivity index (χ2v) is 15.3. The predicted octanol–water partition coefficient (Wildman–Crippen LogP) is 4.60. The number of carbonyl (C=O) groups excluding carboxylic acids is 3. The Labute approximate surface area is 334 Å². The summed E-state index contributed by atoms with van der Waals surface area (Å²) in [5.41, 5.74) is -1.72. The van der Waals surface area contributed by atoms with Gasteiger partial charge in [0.1, 0.15) is 30.1 Å². The lowest BCUT2D eigenvalue weighted by Gasteiger charge is -2.40. The Morgan fingerprint density at radius 2 is 1.88 bits per heavy atom. The van der Waals surface area contributed by atoms with Crippen LogP contribution in [0.3, 0.4) is 0 Å². The smallest absolute Gasteiger partial charge is 0.428 e. The molecule has 1 aromatic heterocycles. The maximum Gasteiger partial charge on any atom is 0.512 e. The van der Waals surface area contributed by atoms with Crippen LogP contribution in [0.4, 0.5) is 18.0 Å². The van der Waals surface area contributed by atoms with Gasteiger partial charge in [0.2, 0.25) is 12.7 Å². The molecule has 4 rings (SSSR count). The number of aromatic nitrogens is 3. The summed E-state index contributed by atoms with van der Waals surface area (Å²) in [6.45, 7) is -0.0213. The summed E-state index contributed by atoms with van der Waals surface area (Å²) in [5, 5.41) is 11.7. The fourth-order valence-electron chi connectivity index (χ4n) is 5.34. The Morgan fingerprint density at radius 1 is 1.12 bits per heavy atom. The SMILES string of the molecule is CC(SC1COC(C=CC=Cc2ccc(C#N)cc2F)OC1)C(Cn1cncn1)(OC(=O)OCOC(=O)CCC(=O)N(C)CCOP(=O)(O)O)c1ccc(F)cc1F. The average Bonchev–Trinajstić information content (AvgIpc) is 3.68. The minimum atomic E-state index is -4.72. The summed E-state index contributed by atoms with van der Waals surface area (Å²) in [5.74, 6) is -4.00. The molecule has 1 aliphatic heterocycles. The number of phosphoric ester groups is 1. The zero-order valence-corrected chi connectivity index (χ0v) is 32.7. The van der Waals surface area contributed by atoms with Crippen molar-refractivity contribution >= 4 is 43.7 Å². The van der Waals surface area contributed by atoms with E-state index in [-0.39, 0.29) is 49.4 Å². The molecule has 2 N–H and O–H groups in total. The standard InChI is InChI=1S/C36H39F3N5O12PS/c1-24(58-28-18-51-34(52-19-28)6-4-3-5-26-8-7-25(17-40)15-30(26)38)36(20-44-22-41-21-42-44,29-10-9-27(37)16-31(29)39)56-35(47)54-23-53-33(46)12-11-32(45)43(2)13-14-55-57(48,49)50/h3-10,15-16,21-22,24,28,34H,11-14,18-20,23H2,1-2H3,(H2,48,49,50). The number of hydrogen-bond acceptors (Lipinski definition) is 14.